The monoisotopic (exact) mass is 447 g/mol. The fourth-order valence-electron chi connectivity index (χ4n) is 4.07. The first-order chi connectivity index (χ1) is 16.1. The average Bonchev–Trinajstić information content (AvgIpc) is 3.46. The molecule has 0 amide bonds. The maximum absolute atomic E-state index is 6.17. The topological polar surface area (TPSA) is 97.3 Å². The molecule has 1 unspecified atom stereocenters. The van der Waals surface area contributed by atoms with Crippen LogP contribution in [-0.2, 0) is 17.9 Å². The van der Waals surface area contributed by atoms with Crippen molar-refractivity contribution in [1.82, 2.24) is 25.1 Å². The van der Waals surface area contributed by atoms with Crippen LogP contribution in [0, 0.1) is 13.8 Å². The van der Waals surface area contributed by atoms with Gasteiger partial charge in [-0.25, -0.2) is 4.68 Å². The highest BCUT2D eigenvalue weighted by molar-refractivity contribution is 5.63. The number of aryl methyl sites for hydroxylation is 2. The highest BCUT2D eigenvalue weighted by Crippen LogP contribution is 2.34. The minimum Gasteiger partial charge on any atom is -0.493 e. The van der Waals surface area contributed by atoms with Crippen LogP contribution in [0.25, 0.3) is 23.0 Å². The van der Waals surface area contributed by atoms with Crippen LogP contribution in [0.1, 0.15) is 35.4 Å². The van der Waals surface area contributed by atoms with Gasteiger partial charge in [0.15, 0.2) is 17.2 Å². The van der Waals surface area contributed by atoms with Crippen LogP contribution in [0.3, 0.4) is 0 Å². The third kappa shape index (κ3) is 3.95. The van der Waals surface area contributed by atoms with Gasteiger partial charge >= 0.3 is 0 Å². The first-order valence-electron chi connectivity index (χ1n) is 10.8. The van der Waals surface area contributed by atoms with Crippen LogP contribution in [0.15, 0.2) is 40.9 Å². The van der Waals surface area contributed by atoms with E-state index in [9.17, 15) is 0 Å². The third-order valence-electron chi connectivity index (χ3n) is 5.72. The number of hydrogen-bond acceptors (Lipinski definition) is 8. The number of rotatable bonds is 6. The molecule has 2 aromatic heterocycles. The molecule has 0 N–H and O–H groups in total. The summed E-state index contributed by atoms with van der Waals surface area (Å²) in [6.07, 6.45) is -0.0813. The Morgan fingerprint density at radius 3 is 2.79 bits per heavy atom. The van der Waals surface area contributed by atoms with Gasteiger partial charge in [0, 0.05) is 5.56 Å². The smallest absolute Gasteiger partial charge is 0.280 e. The van der Waals surface area contributed by atoms with Gasteiger partial charge in [-0.3, -0.25) is 0 Å². The van der Waals surface area contributed by atoms with Gasteiger partial charge in [0.2, 0.25) is 5.82 Å². The number of methoxy groups -OCH3 is 1. The highest BCUT2D eigenvalue weighted by Gasteiger charge is 2.28. The van der Waals surface area contributed by atoms with Gasteiger partial charge in [-0.2, -0.15) is 4.98 Å². The van der Waals surface area contributed by atoms with Crippen LogP contribution in [0.5, 0.6) is 11.5 Å². The van der Waals surface area contributed by atoms with E-state index in [0.29, 0.717) is 48.7 Å². The van der Waals surface area contributed by atoms with Crippen molar-refractivity contribution in [3.8, 4) is 34.5 Å². The molecule has 1 atom stereocenters. The molecule has 170 valence electrons. The van der Waals surface area contributed by atoms with Gasteiger partial charge in [0.25, 0.3) is 5.89 Å². The standard InChI is InChI=1S/C24H25N5O4/c1-5-31-20-11-16(7-9-19(20)30-4)23-25-24(33-27-23)22-18-13-32-21(12-29(18)28-26-22)17-8-6-14(2)10-15(17)3/h6-11,21H,5,12-13H2,1-4H3. The number of aromatic nitrogens is 5. The second kappa shape index (κ2) is 8.67. The molecular weight excluding hydrogens is 422 g/mol. The van der Waals surface area contributed by atoms with E-state index in [0.717, 1.165) is 16.8 Å². The number of ether oxygens (including phenoxy) is 3. The van der Waals surface area contributed by atoms with Gasteiger partial charge in [0.05, 0.1) is 32.6 Å². The Morgan fingerprint density at radius 1 is 1.12 bits per heavy atom. The maximum atomic E-state index is 6.17. The van der Waals surface area contributed by atoms with Crippen molar-refractivity contribution in [1.29, 1.82) is 0 Å². The first-order valence-corrected chi connectivity index (χ1v) is 10.8. The molecule has 0 aliphatic carbocycles. The van der Waals surface area contributed by atoms with Gasteiger partial charge in [-0.15, -0.1) is 5.10 Å². The molecule has 9 heteroatoms. The summed E-state index contributed by atoms with van der Waals surface area (Å²) < 4.78 is 24.5. The molecule has 0 spiro atoms. The van der Waals surface area contributed by atoms with Crippen molar-refractivity contribution in [2.24, 2.45) is 0 Å². The Bertz CT molecular complexity index is 1300. The molecule has 4 aromatic rings. The predicted octanol–water partition coefficient (Wildman–Crippen LogP) is 4.29. The summed E-state index contributed by atoms with van der Waals surface area (Å²) in [4.78, 5) is 4.54. The lowest BCUT2D eigenvalue weighted by molar-refractivity contribution is -0.00153. The molecular formula is C24H25N5O4. The fraction of sp³-hybridized carbons (Fsp3) is 0.333. The Balaban J connectivity index is 1.40. The molecule has 0 fully saturated rings. The minimum absolute atomic E-state index is 0.0813. The van der Waals surface area contributed by atoms with Crippen LogP contribution in [0.4, 0.5) is 0 Å². The summed E-state index contributed by atoms with van der Waals surface area (Å²) in [5.41, 5.74) is 5.70. The molecule has 33 heavy (non-hydrogen) atoms. The Morgan fingerprint density at radius 2 is 2.00 bits per heavy atom. The van der Waals surface area contributed by atoms with E-state index in [1.54, 1.807) is 7.11 Å². The molecule has 0 saturated heterocycles. The lowest BCUT2D eigenvalue weighted by Gasteiger charge is -2.25. The Kier molecular flexibility index (Phi) is 5.55. The molecule has 1 aliphatic heterocycles. The Labute approximate surface area is 191 Å². The molecule has 0 bridgehead atoms. The van der Waals surface area contributed by atoms with E-state index in [2.05, 4.69) is 52.5 Å². The quantitative estimate of drug-likeness (QED) is 0.432. The van der Waals surface area contributed by atoms with Crippen LogP contribution >= 0.6 is 0 Å². The van der Waals surface area contributed by atoms with Gasteiger partial charge in [-0.1, -0.05) is 34.1 Å². The van der Waals surface area contributed by atoms with E-state index in [1.807, 2.05) is 29.8 Å². The summed E-state index contributed by atoms with van der Waals surface area (Å²) in [5, 5.41) is 12.8. The lowest BCUT2D eigenvalue weighted by Crippen LogP contribution is -2.22. The largest absolute Gasteiger partial charge is 0.493 e. The molecule has 3 heterocycles. The highest BCUT2D eigenvalue weighted by atomic mass is 16.5. The van der Waals surface area contributed by atoms with E-state index in [1.165, 1.54) is 11.1 Å². The second-order valence-corrected chi connectivity index (χ2v) is 7.95. The SMILES string of the molecule is CCOc1cc(-c2noc(-c3nnn4c3COC(c3ccc(C)cc3C)C4)n2)ccc1OC. The lowest BCUT2D eigenvalue weighted by atomic mass is 10.0. The maximum Gasteiger partial charge on any atom is 0.280 e. The number of hydrogen-bond donors (Lipinski definition) is 0. The second-order valence-electron chi connectivity index (χ2n) is 7.95. The summed E-state index contributed by atoms with van der Waals surface area (Å²) >= 11 is 0. The van der Waals surface area contributed by atoms with Crippen LogP contribution in [-0.4, -0.2) is 38.9 Å². The van der Waals surface area contributed by atoms with Crippen molar-refractivity contribution >= 4 is 0 Å². The predicted molar refractivity (Wildman–Crippen MR) is 120 cm³/mol. The molecule has 0 radical (unpaired) electrons. The minimum atomic E-state index is -0.0813. The fourth-order valence-corrected chi connectivity index (χ4v) is 4.07. The van der Waals surface area contributed by atoms with Gasteiger partial charge in [0.1, 0.15) is 6.10 Å². The van der Waals surface area contributed by atoms with Crippen molar-refractivity contribution in [3.05, 3.63) is 58.8 Å². The molecule has 1 aliphatic rings. The van der Waals surface area contributed by atoms with Crippen molar-refractivity contribution in [2.75, 3.05) is 13.7 Å². The van der Waals surface area contributed by atoms with E-state index >= 15 is 0 Å². The summed E-state index contributed by atoms with van der Waals surface area (Å²) in [6, 6.07) is 11.9. The summed E-state index contributed by atoms with van der Waals surface area (Å²) in [7, 11) is 1.60. The van der Waals surface area contributed by atoms with Crippen LogP contribution < -0.4 is 9.47 Å². The zero-order chi connectivity index (χ0) is 22.9. The van der Waals surface area contributed by atoms with Gasteiger partial charge in [-0.05, 0) is 50.1 Å². The summed E-state index contributed by atoms with van der Waals surface area (Å²) in [5.74, 6) is 2.00. The summed E-state index contributed by atoms with van der Waals surface area (Å²) in [6.45, 7) is 7.55. The third-order valence-corrected chi connectivity index (χ3v) is 5.72. The number of fused-ring (bicyclic) bond motifs is 1. The van der Waals surface area contributed by atoms with Crippen LogP contribution in [0.2, 0.25) is 0 Å². The number of benzene rings is 2. The molecule has 5 rings (SSSR count). The van der Waals surface area contributed by atoms with Crippen molar-refractivity contribution in [2.45, 2.75) is 40.0 Å². The average molecular weight is 447 g/mol. The number of nitrogens with zero attached hydrogens (tertiary/aromatic N) is 5. The zero-order valence-corrected chi connectivity index (χ0v) is 19.0. The van der Waals surface area contributed by atoms with E-state index < -0.39 is 0 Å². The van der Waals surface area contributed by atoms with E-state index in [4.69, 9.17) is 18.7 Å². The van der Waals surface area contributed by atoms with Crippen molar-refractivity contribution in [3.63, 3.8) is 0 Å². The normalized spacial score (nSPS) is 15.3. The zero-order valence-electron chi connectivity index (χ0n) is 19.0. The molecule has 0 saturated carbocycles. The van der Waals surface area contributed by atoms with Gasteiger partial charge < -0.3 is 18.7 Å². The molecule has 2 aromatic carbocycles. The van der Waals surface area contributed by atoms with E-state index in [-0.39, 0.29) is 6.10 Å². The first kappa shape index (κ1) is 21.1. The Hall–Kier alpha value is -3.72. The molecule has 9 nitrogen and oxygen atoms in total. The van der Waals surface area contributed by atoms with Crippen molar-refractivity contribution < 1.29 is 18.7 Å².